The van der Waals surface area contributed by atoms with Crippen molar-refractivity contribution in [3.05, 3.63) is 97.2 Å². The molecular formula is C34H48. The van der Waals surface area contributed by atoms with Crippen LogP contribution in [0, 0.1) is 23.7 Å². The summed E-state index contributed by atoms with van der Waals surface area (Å²) >= 11 is 0. The third-order valence-corrected chi connectivity index (χ3v) is 7.31. The molecular weight excluding hydrogens is 408 g/mol. The molecule has 0 radical (unpaired) electrons. The van der Waals surface area contributed by atoms with Crippen molar-refractivity contribution in [1.29, 1.82) is 0 Å². The van der Waals surface area contributed by atoms with Crippen LogP contribution < -0.4 is 0 Å². The maximum absolute atomic E-state index is 2.38. The van der Waals surface area contributed by atoms with Gasteiger partial charge < -0.3 is 0 Å². The van der Waals surface area contributed by atoms with Gasteiger partial charge in [-0.3, -0.25) is 0 Å². The van der Waals surface area contributed by atoms with Gasteiger partial charge in [0, 0.05) is 0 Å². The second kappa shape index (κ2) is 17.4. The van der Waals surface area contributed by atoms with Gasteiger partial charge in [0.25, 0.3) is 0 Å². The Labute approximate surface area is 210 Å². The Bertz CT molecular complexity index is 693. The van der Waals surface area contributed by atoms with E-state index < -0.39 is 0 Å². The topological polar surface area (TPSA) is 0 Å². The summed E-state index contributed by atoms with van der Waals surface area (Å²) in [4.78, 5) is 0. The Morgan fingerprint density at radius 1 is 0.382 bits per heavy atom. The quantitative estimate of drug-likeness (QED) is 0.318. The molecule has 1 saturated carbocycles. The molecule has 4 bridgehead atoms. The van der Waals surface area contributed by atoms with Gasteiger partial charge >= 0.3 is 0 Å². The van der Waals surface area contributed by atoms with Gasteiger partial charge in [-0.05, 0) is 114 Å². The first-order chi connectivity index (χ1) is 16.9. The van der Waals surface area contributed by atoms with Gasteiger partial charge in [0.05, 0.1) is 0 Å². The van der Waals surface area contributed by atoms with Gasteiger partial charge in [0.2, 0.25) is 0 Å². The largest absolute Gasteiger partial charge is 0.0885 e. The van der Waals surface area contributed by atoms with Crippen LogP contribution >= 0.6 is 0 Å². The van der Waals surface area contributed by atoms with Crippen molar-refractivity contribution in [2.45, 2.75) is 89.9 Å². The summed E-state index contributed by atoms with van der Waals surface area (Å²) in [5.74, 6) is 3.60. The van der Waals surface area contributed by atoms with Gasteiger partial charge in [0.1, 0.15) is 0 Å². The van der Waals surface area contributed by atoms with Crippen LogP contribution in [0.5, 0.6) is 0 Å². The third-order valence-electron chi connectivity index (χ3n) is 7.31. The fraction of sp³-hybridized carbons (Fsp3) is 0.529. The first kappa shape index (κ1) is 26.5. The molecule has 0 aromatic heterocycles. The first-order valence-electron chi connectivity index (χ1n) is 14.2. The van der Waals surface area contributed by atoms with Crippen LogP contribution in [0.1, 0.15) is 89.9 Å². The van der Waals surface area contributed by atoms with Gasteiger partial charge in [-0.15, -0.1) is 0 Å². The maximum Gasteiger partial charge on any atom is -0.00445 e. The molecule has 8 aliphatic rings. The van der Waals surface area contributed by atoms with Gasteiger partial charge in [-0.25, -0.2) is 0 Å². The van der Waals surface area contributed by atoms with E-state index in [4.69, 9.17) is 0 Å². The molecule has 0 aromatic rings. The Morgan fingerprint density at radius 3 is 0.941 bits per heavy atom. The van der Waals surface area contributed by atoms with Gasteiger partial charge in [-0.1, -0.05) is 97.2 Å². The zero-order valence-corrected chi connectivity index (χ0v) is 21.4. The van der Waals surface area contributed by atoms with Crippen molar-refractivity contribution in [2.75, 3.05) is 0 Å². The van der Waals surface area contributed by atoms with E-state index in [0.717, 1.165) is 30.1 Å². The molecule has 0 nitrogen and oxygen atoms in total. The molecule has 0 saturated heterocycles. The van der Waals surface area contributed by atoms with Crippen LogP contribution in [0.25, 0.3) is 0 Å². The molecule has 0 amide bonds. The number of hydrogen-bond donors (Lipinski definition) is 0. The summed E-state index contributed by atoms with van der Waals surface area (Å²) in [7, 11) is 0. The normalized spacial score (nSPS) is 30.1. The summed E-state index contributed by atoms with van der Waals surface area (Å²) in [6.07, 6.45) is 54.7. The lowest BCUT2D eigenvalue weighted by atomic mass is 10.1. The smallest absolute Gasteiger partial charge is 0.00445 e. The molecule has 8 aliphatic carbocycles. The minimum absolute atomic E-state index is 0.810. The number of rotatable bonds is 0. The molecule has 0 N–H and O–H groups in total. The molecule has 8 rings (SSSR count). The van der Waals surface area contributed by atoms with Crippen LogP contribution in [0.3, 0.4) is 0 Å². The lowest BCUT2D eigenvalue weighted by Gasteiger charge is -1.97. The van der Waals surface area contributed by atoms with E-state index in [1.54, 1.807) is 0 Å². The van der Waals surface area contributed by atoms with Gasteiger partial charge in [-0.2, -0.15) is 0 Å². The highest BCUT2D eigenvalue weighted by molar-refractivity contribution is 5.21. The zero-order valence-electron chi connectivity index (χ0n) is 21.4. The second-order valence-electron chi connectivity index (χ2n) is 10.4. The van der Waals surface area contributed by atoms with E-state index in [1.807, 2.05) is 0 Å². The summed E-state index contributed by atoms with van der Waals surface area (Å²) in [5.41, 5.74) is 0. The molecule has 1 fully saturated rings. The Balaban J connectivity index is 0.000000116. The SMILES string of the molecule is C1=CC2C=CC1C2.C1=CC2CCC1C2.C1=CCC1.C1=CCC=C1.C1=CCCC1.C1=CCCCC1. The molecule has 0 heteroatoms. The molecule has 184 valence electrons. The zero-order chi connectivity index (χ0) is 23.5. The summed E-state index contributed by atoms with van der Waals surface area (Å²) in [5, 5.41) is 0. The standard InChI is InChI=1S/C7H10.C7H8.C6H10.C5H8.C5H6.C4H6/c2*1-2-7-4-3-6(1)5-7;1-2-4-6-5-3-1;2*1-2-4-5-3-1;1-2-4-3-1/h1-2,6-7H,3-5H2;1-4,6-7H,5H2;1-2H,3-6H2;1-2H,3-5H2;1-4H,5H2;1-2H,3-4H2. The van der Waals surface area contributed by atoms with Crippen molar-refractivity contribution >= 4 is 0 Å². The van der Waals surface area contributed by atoms with E-state index in [9.17, 15) is 0 Å². The Hall–Kier alpha value is -2.08. The van der Waals surface area contributed by atoms with Crippen LogP contribution in [0.15, 0.2) is 97.2 Å². The van der Waals surface area contributed by atoms with Gasteiger partial charge in [0.15, 0.2) is 0 Å². The van der Waals surface area contributed by atoms with Crippen molar-refractivity contribution in [2.24, 2.45) is 23.7 Å². The van der Waals surface area contributed by atoms with Crippen LogP contribution in [-0.2, 0) is 0 Å². The lowest BCUT2D eigenvalue weighted by molar-refractivity contribution is 0.691. The Kier molecular flexibility index (Phi) is 13.5. The average Bonchev–Trinajstić information content (AvgIpc) is 3.71. The molecule has 2 atom stereocenters. The Morgan fingerprint density at radius 2 is 0.794 bits per heavy atom. The van der Waals surface area contributed by atoms with Crippen molar-refractivity contribution in [3.8, 4) is 0 Å². The molecule has 0 aliphatic heterocycles. The van der Waals surface area contributed by atoms with Crippen molar-refractivity contribution in [3.63, 3.8) is 0 Å². The molecule has 34 heavy (non-hydrogen) atoms. The highest BCUT2D eigenvalue weighted by atomic mass is 14.3. The van der Waals surface area contributed by atoms with Crippen LogP contribution in [0.4, 0.5) is 0 Å². The maximum atomic E-state index is 2.38. The van der Waals surface area contributed by atoms with Crippen molar-refractivity contribution < 1.29 is 0 Å². The fourth-order valence-electron chi connectivity index (χ4n) is 4.95. The molecule has 0 aromatic carbocycles. The highest BCUT2D eigenvalue weighted by Crippen LogP contribution is 2.38. The van der Waals surface area contributed by atoms with E-state index in [0.29, 0.717) is 0 Å². The molecule has 0 spiro atoms. The second-order valence-corrected chi connectivity index (χ2v) is 10.4. The minimum atomic E-state index is 0.810. The predicted octanol–water partition coefficient (Wildman–Crippen LogP) is 10.4. The summed E-state index contributed by atoms with van der Waals surface area (Å²) in [6.45, 7) is 0. The average molecular weight is 457 g/mol. The van der Waals surface area contributed by atoms with Crippen LogP contribution in [0.2, 0.25) is 0 Å². The number of hydrogen-bond acceptors (Lipinski definition) is 0. The summed E-state index contributed by atoms with van der Waals surface area (Å²) in [6, 6.07) is 0. The molecule has 2 unspecified atom stereocenters. The van der Waals surface area contributed by atoms with E-state index in [-0.39, 0.29) is 0 Å². The first-order valence-corrected chi connectivity index (χ1v) is 14.2. The third kappa shape index (κ3) is 11.9. The van der Waals surface area contributed by atoms with E-state index >= 15 is 0 Å². The van der Waals surface area contributed by atoms with E-state index in [1.165, 1.54) is 83.5 Å². The van der Waals surface area contributed by atoms with E-state index in [2.05, 4.69) is 97.2 Å². The highest BCUT2D eigenvalue weighted by Gasteiger charge is 2.25. The lowest BCUT2D eigenvalue weighted by Crippen LogP contribution is -1.82. The minimum Gasteiger partial charge on any atom is -0.0885 e. The number of allylic oxidation sites excluding steroid dienone is 16. The molecule has 0 heterocycles. The van der Waals surface area contributed by atoms with Crippen molar-refractivity contribution in [1.82, 2.24) is 0 Å². The summed E-state index contributed by atoms with van der Waals surface area (Å²) < 4.78 is 0. The van der Waals surface area contributed by atoms with Crippen LogP contribution in [-0.4, -0.2) is 0 Å². The predicted molar refractivity (Wildman–Crippen MR) is 152 cm³/mol. The number of fused-ring (bicyclic) bond motifs is 4. The monoisotopic (exact) mass is 456 g/mol. The fourth-order valence-corrected chi connectivity index (χ4v) is 4.95.